The van der Waals surface area contributed by atoms with Crippen LogP contribution in [0.4, 0.5) is 5.69 Å². The van der Waals surface area contributed by atoms with Crippen molar-refractivity contribution in [2.24, 2.45) is 0 Å². The van der Waals surface area contributed by atoms with Gasteiger partial charge in [-0.3, -0.25) is 9.10 Å². The van der Waals surface area contributed by atoms with Crippen molar-refractivity contribution in [3.05, 3.63) is 53.6 Å². The van der Waals surface area contributed by atoms with E-state index in [0.29, 0.717) is 17.9 Å². The summed E-state index contributed by atoms with van der Waals surface area (Å²) in [6, 6.07) is 12.1. The molecule has 1 heterocycles. The number of carbonyl (C=O) groups excluding carboxylic acids is 1. The monoisotopic (exact) mass is 432 g/mol. The molecule has 162 valence electrons. The van der Waals surface area contributed by atoms with Crippen molar-refractivity contribution in [3.63, 3.8) is 0 Å². The number of hydrogen-bond acceptors (Lipinski definition) is 5. The summed E-state index contributed by atoms with van der Waals surface area (Å²) in [4.78, 5) is 12.9. The van der Waals surface area contributed by atoms with Gasteiger partial charge in [-0.1, -0.05) is 12.1 Å². The van der Waals surface area contributed by atoms with E-state index in [2.05, 4.69) is 5.32 Å². The normalized spacial score (nSPS) is 17.4. The van der Waals surface area contributed by atoms with Crippen molar-refractivity contribution in [2.75, 3.05) is 24.2 Å². The Morgan fingerprint density at radius 3 is 2.50 bits per heavy atom. The van der Waals surface area contributed by atoms with Gasteiger partial charge >= 0.3 is 0 Å². The Morgan fingerprint density at radius 2 is 1.90 bits per heavy atom. The lowest BCUT2D eigenvalue weighted by Gasteiger charge is -2.38. The van der Waals surface area contributed by atoms with Gasteiger partial charge in [0.1, 0.15) is 23.6 Å². The Bertz CT molecular complexity index is 1030. The summed E-state index contributed by atoms with van der Waals surface area (Å²) in [5.74, 6) is 0.963. The van der Waals surface area contributed by atoms with Crippen LogP contribution in [0.1, 0.15) is 37.4 Å². The lowest BCUT2D eigenvalue weighted by molar-refractivity contribution is -0.120. The number of ether oxygens (including phenoxy) is 2. The molecule has 0 spiro atoms. The third-order valence-electron chi connectivity index (χ3n) is 5.01. The SMILES string of the molecule is COc1ccc(N(CC(=O)N[C@@H]2CC(C)(C)Oc3cc(C)ccc32)S(C)(=O)=O)cc1. The smallest absolute Gasteiger partial charge is 0.241 e. The van der Waals surface area contributed by atoms with Crippen LogP contribution >= 0.6 is 0 Å². The number of amides is 1. The third-order valence-corrected chi connectivity index (χ3v) is 6.15. The maximum Gasteiger partial charge on any atom is 0.241 e. The topological polar surface area (TPSA) is 84.9 Å². The maximum absolute atomic E-state index is 12.9. The summed E-state index contributed by atoms with van der Waals surface area (Å²) < 4.78 is 37.0. The van der Waals surface area contributed by atoms with Crippen LogP contribution in [0.3, 0.4) is 0 Å². The van der Waals surface area contributed by atoms with Crippen LogP contribution in [0, 0.1) is 6.92 Å². The number of nitrogens with zero attached hydrogens (tertiary/aromatic N) is 1. The number of carbonyl (C=O) groups is 1. The molecule has 7 nitrogen and oxygen atoms in total. The van der Waals surface area contributed by atoms with Gasteiger partial charge < -0.3 is 14.8 Å². The maximum atomic E-state index is 12.9. The second-order valence-electron chi connectivity index (χ2n) is 8.19. The molecule has 0 fully saturated rings. The number of nitrogens with one attached hydrogen (secondary N) is 1. The van der Waals surface area contributed by atoms with E-state index in [4.69, 9.17) is 9.47 Å². The number of anilines is 1. The number of benzene rings is 2. The standard InChI is InChI=1S/C22H28N2O5S/c1-15-6-11-18-19(13-22(2,3)29-20(18)12-15)23-21(25)14-24(30(5,26)27)16-7-9-17(28-4)10-8-16/h6-12,19H,13-14H2,1-5H3,(H,23,25)/t19-/m1/s1. The van der Waals surface area contributed by atoms with E-state index in [0.717, 1.165) is 27.4 Å². The highest BCUT2D eigenvalue weighted by Gasteiger charge is 2.35. The molecule has 1 atom stereocenters. The van der Waals surface area contributed by atoms with E-state index in [9.17, 15) is 13.2 Å². The van der Waals surface area contributed by atoms with E-state index in [1.807, 2.05) is 39.0 Å². The van der Waals surface area contributed by atoms with Crippen LogP contribution < -0.4 is 19.1 Å². The van der Waals surface area contributed by atoms with Gasteiger partial charge in [0, 0.05) is 12.0 Å². The minimum Gasteiger partial charge on any atom is -0.497 e. The molecule has 0 radical (unpaired) electrons. The minimum atomic E-state index is -3.66. The Kier molecular flexibility index (Phi) is 5.99. The third kappa shape index (κ3) is 5.05. The first-order chi connectivity index (χ1) is 14.0. The highest BCUT2D eigenvalue weighted by molar-refractivity contribution is 7.92. The highest BCUT2D eigenvalue weighted by Crippen LogP contribution is 2.39. The summed E-state index contributed by atoms with van der Waals surface area (Å²) in [5.41, 5.74) is 1.91. The Hall–Kier alpha value is -2.74. The van der Waals surface area contributed by atoms with Crippen LogP contribution in [-0.2, 0) is 14.8 Å². The number of sulfonamides is 1. The fraction of sp³-hybridized carbons (Fsp3) is 0.409. The van der Waals surface area contributed by atoms with Gasteiger partial charge in [0.2, 0.25) is 15.9 Å². The molecule has 1 aliphatic heterocycles. The van der Waals surface area contributed by atoms with Crippen molar-refractivity contribution < 1.29 is 22.7 Å². The zero-order valence-electron chi connectivity index (χ0n) is 17.9. The molecule has 3 rings (SSSR count). The van der Waals surface area contributed by atoms with Gasteiger partial charge in [-0.05, 0) is 56.7 Å². The first-order valence-electron chi connectivity index (χ1n) is 9.69. The summed E-state index contributed by atoms with van der Waals surface area (Å²) in [6.07, 6.45) is 1.66. The lowest BCUT2D eigenvalue weighted by Crippen LogP contribution is -2.45. The molecular formula is C22H28N2O5S. The predicted molar refractivity (Wildman–Crippen MR) is 117 cm³/mol. The van der Waals surface area contributed by atoms with Crippen molar-refractivity contribution in [1.29, 1.82) is 0 Å². The Morgan fingerprint density at radius 1 is 1.23 bits per heavy atom. The molecule has 2 aromatic rings. The van der Waals surface area contributed by atoms with Gasteiger partial charge in [-0.2, -0.15) is 0 Å². The average Bonchev–Trinajstić information content (AvgIpc) is 2.64. The van der Waals surface area contributed by atoms with Crippen LogP contribution in [0.2, 0.25) is 0 Å². The van der Waals surface area contributed by atoms with E-state index >= 15 is 0 Å². The van der Waals surface area contributed by atoms with Crippen molar-refractivity contribution in [3.8, 4) is 11.5 Å². The van der Waals surface area contributed by atoms with Crippen LogP contribution in [0.15, 0.2) is 42.5 Å². The predicted octanol–water partition coefficient (Wildman–Crippen LogP) is 3.19. The minimum absolute atomic E-state index is 0.269. The summed E-state index contributed by atoms with van der Waals surface area (Å²) >= 11 is 0. The van der Waals surface area contributed by atoms with Gasteiger partial charge in [-0.15, -0.1) is 0 Å². The van der Waals surface area contributed by atoms with E-state index in [-0.39, 0.29) is 18.5 Å². The second kappa shape index (κ2) is 8.18. The zero-order chi connectivity index (χ0) is 22.1. The molecule has 0 aromatic heterocycles. The zero-order valence-corrected chi connectivity index (χ0v) is 18.7. The first kappa shape index (κ1) is 22.0. The Balaban J connectivity index is 1.82. The molecule has 1 aliphatic rings. The highest BCUT2D eigenvalue weighted by atomic mass is 32.2. The molecule has 0 saturated carbocycles. The molecular weight excluding hydrogens is 404 g/mol. The van der Waals surface area contributed by atoms with E-state index in [1.165, 1.54) is 7.11 Å². The lowest BCUT2D eigenvalue weighted by atomic mass is 9.89. The summed E-state index contributed by atoms with van der Waals surface area (Å²) in [7, 11) is -2.12. The number of aryl methyl sites for hydroxylation is 1. The van der Waals surface area contributed by atoms with E-state index in [1.54, 1.807) is 24.3 Å². The molecule has 8 heteroatoms. The quantitative estimate of drug-likeness (QED) is 0.758. The number of methoxy groups -OCH3 is 1. The van der Waals surface area contributed by atoms with Crippen LogP contribution in [0.25, 0.3) is 0 Å². The van der Waals surface area contributed by atoms with Gasteiger partial charge in [0.05, 0.1) is 25.1 Å². The van der Waals surface area contributed by atoms with Crippen LogP contribution in [-0.4, -0.2) is 39.8 Å². The molecule has 0 saturated heterocycles. The second-order valence-corrected chi connectivity index (χ2v) is 10.1. The molecule has 2 aromatic carbocycles. The van der Waals surface area contributed by atoms with Crippen molar-refractivity contribution in [1.82, 2.24) is 5.32 Å². The largest absolute Gasteiger partial charge is 0.497 e. The van der Waals surface area contributed by atoms with E-state index < -0.39 is 15.6 Å². The fourth-order valence-electron chi connectivity index (χ4n) is 3.61. The number of fused-ring (bicyclic) bond motifs is 1. The molecule has 0 aliphatic carbocycles. The molecule has 30 heavy (non-hydrogen) atoms. The number of hydrogen-bond donors (Lipinski definition) is 1. The van der Waals surface area contributed by atoms with Gasteiger partial charge in [0.25, 0.3) is 0 Å². The molecule has 0 unspecified atom stereocenters. The van der Waals surface area contributed by atoms with Crippen LogP contribution in [0.5, 0.6) is 11.5 Å². The Labute approximate surface area is 178 Å². The van der Waals surface area contributed by atoms with Crippen molar-refractivity contribution >= 4 is 21.6 Å². The molecule has 0 bridgehead atoms. The van der Waals surface area contributed by atoms with Crippen molar-refractivity contribution in [2.45, 2.75) is 38.8 Å². The summed E-state index contributed by atoms with van der Waals surface area (Å²) in [6.45, 7) is 5.61. The van der Waals surface area contributed by atoms with Gasteiger partial charge in [-0.25, -0.2) is 8.42 Å². The number of rotatable bonds is 6. The molecule has 1 amide bonds. The summed E-state index contributed by atoms with van der Waals surface area (Å²) in [5, 5.41) is 3.00. The molecule has 1 N–H and O–H groups in total. The first-order valence-corrected chi connectivity index (χ1v) is 11.5. The van der Waals surface area contributed by atoms with Gasteiger partial charge in [0.15, 0.2) is 0 Å². The average molecular weight is 433 g/mol. The fourth-order valence-corrected chi connectivity index (χ4v) is 4.46.